The molecule has 1 saturated heterocycles. The zero-order valence-corrected chi connectivity index (χ0v) is 22.0. The van der Waals surface area contributed by atoms with E-state index in [0.29, 0.717) is 30.2 Å². The van der Waals surface area contributed by atoms with Gasteiger partial charge < -0.3 is 19.7 Å². The van der Waals surface area contributed by atoms with Gasteiger partial charge in [0.05, 0.1) is 24.8 Å². The van der Waals surface area contributed by atoms with Crippen LogP contribution in [0.25, 0.3) is 0 Å². The van der Waals surface area contributed by atoms with E-state index in [-0.39, 0.29) is 11.5 Å². The summed E-state index contributed by atoms with van der Waals surface area (Å²) in [5, 5.41) is 3.11. The number of aldehydes is 1. The van der Waals surface area contributed by atoms with Gasteiger partial charge in [0.1, 0.15) is 12.0 Å². The zero-order chi connectivity index (χ0) is 26.4. The number of amides is 1. The summed E-state index contributed by atoms with van der Waals surface area (Å²) in [7, 11) is 3.42. The molecule has 1 saturated carbocycles. The van der Waals surface area contributed by atoms with Crippen LogP contribution in [0.15, 0.2) is 36.4 Å². The van der Waals surface area contributed by atoms with Crippen LogP contribution in [0.2, 0.25) is 0 Å². The third-order valence-electron chi connectivity index (χ3n) is 7.54. The molecule has 1 amide bonds. The second-order valence-corrected chi connectivity index (χ2v) is 10.1. The smallest absolute Gasteiger partial charge is 0.338 e. The highest BCUT2D eigenvalue weighted by atomic mass is 16.5. The first kappa shape index (κ1) is 26.7. The van der Waals surface area contributed by atoms with E-state index in [1.165, 1.54) is 7.11 Å². The topological polar surface area (TPSA) is 88.2 Å². The second-order valence-electron chi connectivity index (χ2n) is 10.1. The molecule has 1 aliphatic carbocycles. The number of rotatable bonds is 12. The molecular formula is C29H37N3O5. The molecule has 8 nitrogen and oxygen atoms in total. The number of hydrogen-bond donors (Lipinski definition) is 1. The van der Waals surface area contributed by atoms with Crippen molar-refractivity contribution in [1.29, 1.82) is 0 Å². The number of nitrogens with one attached hydrogen (secondary N) is 1. The van der Waals surface area contributed by atoms with E-state index >= 15 is 0 Å². The summed E-state index contributed by atoms with van der Waals surface area (Å²) in [5.74, 6) is 0.820. The largest absolute Gasteiger partial charge is 0.494 e. The van der Waals surface area contributed by atoms with E-state index in [2.05, 4.69) is 21.2 Å². The van der Waals surface area contributed by atoms with Gasteiger partial charge in [-0.25, -0.2) is 4.79 Å². The molecule has 1 heterocycles. The molecule has 2 aliphatic rings. The monoisotopic (exact) mass is 507 g/mol. The summed E-state index contributed by atoms with van der Waals surface area (Å²) in [6.45, 7) is 5.49. The minimum absolute atomic E-state index is 0.318. The minimum Gasteiger partial charge on any atom is -0.494 e. The van der Waals surface area contributed by atoms with Crippen molar-refractivity contribution in [3.8, 4) is 5.75 Å². The molecule has 2 aromatic carbocycles. The number of likely N-dealkylation sites (tertiary alicyclic amines) is 1. The molecule has 0 radical (unpaired) electrons. The summed E-state index contributed by atoms with van der Waals surface area (Å²) in [4.78, 5) is 39.5. The lowest BCUT2D eigenvalue weighted by molar-refractivity contribution is -0.111. The molecule has 2 aromatic rings. The van der Waals surface area contributed by atoms with Crippen molar-refractivity contribution in [3.63, 3.8) is 0 Å². The molecule has 0 unspecified atom stereocenters. The van der Waals surface area contributed by atoms with Crippen LogP contribution in [0.1, 0.15) is 70.4 Å². The predicted molar refractivity (Wildman–Crippen MR) is 142 cm³/mol. The summed E-state index contributed by atoms with van der Waals surface area (Å²) >= 11 is 0. The summed E-state index contributed by atoms with van der Waals surface area (Å²) < 4.78 is 11.0. The number of esters is 1. The first-order valence-corrected chi connectivity index (χ1v) is 13.0. The molecule has 1 N–H and O–H groups in total. The van der Waals surface area contributed by atoms with Gasteiger partial charge in [-0.2, -0.15) is 0 Å². The number of piperidine rings is 1. The van der Waals surface area contributed by atoms with Gasteiger partial charge in [-0.1, -0.05) is 0 Å². The van der Waals surface area contributed by atoms with E-state index < -0.39 is 0 Å². The molecule has 2 fully saturated rings. The number of nitrogens with zero attached hydrogens (tertiary/aromatic N) is 2. The maximum atomic E-state index is 12.4. The Balaban J connectivity index is 1.47. The van der Waals surface area contributed by atoms with E-state index in [4.69, 9.17) is 9.47 Å². The number of likely N-dealkylation sites (N-methyl/N-ethyl adjacent to an activating group) is 1. The first-order chi connectivity index (χ1) is 17.9. The van der Waals surface area contributed by atoms with Gasteiger partial charge in [0.15, 0.2) is 0 Å². The van der Waals surface area contributed by atoms with Crippen molar-refractivity contribution in [2.24, 2.45) is 0 Å². The number of carbonyl (C=O) groups excluding carboxylic acids is 3. The quantitative estimate of drug-likeness (QED) is 0.346. The Hall–Kier alpha value is -3.39. The first-order valence-electron chi connectivity index (χ1n) is 13.0. The van der Waals surface area contributed by atoms with Crippen molar-refractivity contribution in [2.45, 2.75) is 50.6 Å². The van der Waals surface area contributed by atoms with Gasteiger partial charge in [-0.05, 0) is 80.5 Å². The fourth-order valence-electron chi connectivity index (χ4n) is 5.28. The van der Waals surface area contributed by atoms with Crippen LogP contribution in [0, 0.1) is 0 Å². The molecule has 0 aromatic heterocycles. The summed E-state index contributed by atoms with van der Waals surface area (Å²) in [5.41, 5.74) is 4.05. The SMILES string of the molecule is CCOc1cc(C(=O)OC)c(C2CC2)cc1CN1CCC(CN(C)c2ccc(C=O)cc2)(NC=O)CC1. The van der Waals surface area contributed by atoms with Crippen LogP contribution >= 0.6 is 0 Å². The highest BCUT2D eigenvalue weighted by Gasteiger charge is 2.36. The predicted octanol–water partition coefficient (Wildman–Crippen LogP) is 3.78. The average Bonchev–Trinajstić information content (AvgIpc) is 3.76. The van der Waals surface area contributed by atoms with Gasteiger partial charge in [0.25, 0.3) is 0 Å². The second kappa shape index (κ2) is 11.8. The van der Waals surface area contributed by atoms with Gasteiger partial charge in [0, 0.05) is 50.0 Å². The summed E-state index contributed by atoms with van der Waals surface area (Å²) in [6, 6.07) is 11.5. The Morgan fingerprint density at radius 2 is 1.86 bits per heavy atom. The molecule has 0 atom stereocenters. The van der Waals surface area contributed by atoms with E-state index in [1.54, 1.807) is 12.1 Å². The number of benzene rings is 2. The van der Waals surface area contributed by atoms with Crippen molar-refractivity contribution >= 4 is 24.4 Å². The highest BCUT2D eigenvalue weighted by Crippen LogP contribution is 2.44. The Kier molecular flexibility index (Phi) is 8.48. The lowest BCUT2D eigenvalue weighted by Crippen LogP contribution is -2.58. The Morgan fingerprint density at radius 3 is 2.43 bits per heavy atom. The lowest BCUT2D eigenvalue weighted by Gasteiger charge is -2.44. The molecular weight excluding hydrogens is 470 g/mol. The number of hydrogen-bond acceptors (Lipinski definition) is 7. The number of anilines is 1. The van der Waals surface area contributed by atoms with Gasteiger partial charge in [0.2, 0.25) is 6.41 Å². The Bertz CT molecular complexity index is 1110. The molecule has 1 aliphatic heterocycles. The van der Waals surface area contributed by atoms with Crippen LogP contribution in [0.3, 0.4) is 0 Å². The van der Waals surface area contributed by atoms with Crippen molar-refractivity contribution < 1.29 is 23.9 Å². The third kappa shape index (κ3) is 6.31. The maximum Gasteiger partial charge on any atom is 0.338 e. The van der Waals surface area contributed by atoms with Crippen LogP contribution < -0.4 is 15.0 Å². The minimum atomic E-state index is -0.340. The molecule has 37 heavy (non-hydrogen) atoms. The molecule has 198 valence electrons. The zero-order valence-electron chi connectivity index (χ0n) is 22.0. The number of ether oxygens (including phenoxy) is 2. The van der Waals surface area contributed by atoms with E-state index in [0.717, 1.165) is 80.6 Å². The van der Waals surface area contributed by atoms with E-state index in [1.807, 2.05) is 32.2 Å². The standard InChI is InChI=1S/C29H37N3O5/c1-4-37-27-16-26(28(35)36-3)25(22-7-8-22)15-23(27)17-32-13-11-29(12-14-32,30-20-34)19-31(2)24-9-5-21(18-33)6-10-24/h5-6,9-10,15-16,18,20,22H,4,7-8,11-14,17,19H2,1-3H3,(H,30,34). The molecule has 4 rings (SSSR count). The van der Waals surface area contributed by atoms with Crippen LogP contribution in [0.5, 0.6) is 5.75 Å². The Morgan fingerprint density at radius 1 is 1.16 bits per heavy atom. The summed E-state index contributed by atoms with van der Waals surface area (Å²) in [6.07, 6.45) is 5.44. The van der Waals surface area contributed by atoms with E-state index in [9.17, 15) is 14.4 Å². The average molecular weight is 508 g/mol. The van der Waals surface area contributed by atoms with Crippen LogP contribution in [-0.4, -0.2) is 69.5 Å². The number of carbonyl (C=O) groups is 3. The highest BCUT2D eigenvalue weighted by molar-refractivity contribution is 5.92. The van der Waals surface area contributed by atoms with Crippen molar-refractivity contribution in [3.05, 3.63) is 58.7 Å². The van der Waals surface area contributed by atoms with Gasteiger partial charge >= 0.3 is 5.97 Å². The Labute approximate surface area is 218 Å². The van der Waals surface area contributed by atoms with Crippen LogP contribution in [0.4, 0.5) is 5.69 Å². The normalized spacial score (nSPS) is 17.1. The fraction of sp³-hybridized carbons (Fsp3) is 0.483. The fourth-order valence-corrected chi connectivity index (χ4v) is 5.28. The maximum absolute atomic E-state index is 12.4. The molecule has 8 heteroatoms. The van der Waals surface area contributed by atoms with Crippen LogP contribution in [-0.2, 0) is 16.1 Å². The van der Waals surface area contributed by atoms with Gasteiger partial charge in [-0.15, -0.1) is 0 Å². The lowest BCUT2D eigenvalue weighted by atomic mass is 9.86. The third-order valence-corrected chi connectivity index (χ3v) is 7.54. The van der Waals surface area contributed by atoms with Gasteiger partial charge in [-0.3, -0.25) is 14.5 Å². The molecule has 0 bridgehead atoms. The molecule has 0 spiro atoms. The van der Waals surface area contributed by atoms with Crippen molar-refractivity contribution in [1.82, 2.24) is 10.2 Å². The number of methoxy groups -OCH3 is 1. The van der Waals surface area contributed by atoms with Crippen molar-refractivity contribution in [2.75, 3.05) is 45.3 Å².